The van der Waals surface area contributed by atoms with Gasteiger partial charge in [0.25, 0.3) is 0 Å². The van der Waals surface area contributed by atoms with Gasteiger partial charge >= 0.3 is 0 Å². The Bertz CT molecular complexity index is 387. The van der Waals surface area contributed by atoms with E-state index in [0.717, 1.165) is 18.7 Å². The van der Waals surface area contributed by atoms with Crippen molar-refractivity contribution in [1.82, 2.24) is 15.1 Å². The summed E-state index contributed by atoms with van der Waals surface area (Å²) < 4.78 is 1.86. The van der Waals surface area contributed by atoms with Gasteiger partial charge in [-0.15, -0.1) is 0 Å². The Morgan fingerprint density at radius 1 is 1.53 bits per heavy atom. The first-order valence-electron chi connectivity index (χ1n) is 6.21. The maximum atomic E-state index is 8.71. The fraction of sp³-hybridized carbons (Fsp3) is 0.692. The Labute approximate surface area is 104 Å². The number of nitrogens with one attached hydrogen (secondary N) is 1. The lowest BCUT2D eigenvalue weighted by molar-refractivity contribution is 0.503. The van der Waals surface area contributed by atoms with E-state index in [1.165, 1.54) is 5.56 Å². The van der Waals surface area contributed by atoms with E-state index in [-0.39, 0.29) is 6.04 Å². The Kier molecular flexibility index (Phi) is 5.17. The second kappa shape index (κ2) is 6.41. The van der Waals surface area contributed by atoms with Crippen LogP contribution in [-0.2, 0) is 13.6 Å². The van der Waals surface area contributed by atoms with Crippen molar-refractivity contribution in [1.29, 1.82) is 5.26 Å². The molecule has 0 fully saturated rings. The molecule has 0 aliphatic heterocycles. The molecule has 4 heteroatoms. The molecule has 0 saturated carbocycles. The molecule has 0 radical (unpaired) electrons. The number of nitriles is 1. The Morgan fingerprint density at radius 2 is 2.24 bits per heavy atom. The summed E-state index contributed by atoms with van der Waals surface area (Å²) in [4.78, 5) is 0. The topological polar surface area (TPSA) is 53.6 Å². The van der Waals surface area contributed by atoms with E-state index in [1.807, 2.05) is 11.7 Å². The van der Waals surface area contributed by atoms with Crippen LogP contribution in [0.25, 0.3) is 0 Å². The number of hydrogen-bond donors (Lipinski definition) is 1. The van der Waals surface area contributed by atoms with Gasteiger partial charge in [0.1, 0.15) is 0 Å². The molecule has 1 atom stereocenters. The van der Waals surface area contributed by atoms with Crippen molar-refractivity contribution < 1.29 is 0 Å². The van der Waals surface area contributed by atoms with Gasteiger partial charge in [-0.25, -0.2) is 0 Å². The highest BCUT2D eigenvalue weighted by molar-refractivity contribution is 5.20. The third-order valence-corrected chi connectivity index (χ3v) is 2.90. The van der Waals surface area contributed by atoms with Crippen LogP contribution in [0.2, 0.25) is 0 Å². The minimum absolute atomic E-state index is 0.278. The zero-order valence-electron chi connectivity index (χ0n) is 11.2. The molecule has 1 rings (SSSR count). The molecular weight excluding hydrogens is 212 g/mol. The molecule has 0 saturated heterocycles. The van der Waals surface area contributed by atoms with E-state index in [2.05, 4.69) is 43.5 Å². The number of aromatic nitrogens is 2. The summed E-state index contributed by atoms with van der Waals surface area (Å²) >= 11 is 0. The van der Waals surface area contributed by atoms with E-state index >= 15 is 0 Å². The lowest BCUT2D eigenvalue weighted by Crippen LogP contribution is -2.27. The Hall–Kier alpha value is -1.34. The van der Waals surface area contributed by atoms with Gasteiger partial charge in [-0.1, -0.05) is 20.8 Å². The van der Waals surface area contributed by atoms with E-state index in [4.69, 9.17) is 5.26 Å². The molecular formula is C13H22N4. The lowest BCUT2D eigenvalue weighted by Gasteiger charge is -2.13. The molecule has 1 heterocycles. The molecule has 17 heavy (non-hydrogen) atoms. The first kappa shape index (κ1) is 13.7. The second-order valence-electron chi connectivity index (χ2n) is 4.72. The minimum Gasteiger partial charge on any atom is -0.309 e. The summed E-state index contributed by atoms with van der Waals surface area (Å²) in [5, 5.41) is 16.6. The SMILES string of the molecule is CCC(CC#N)NCc1cn(C)nc1C(C)C. The average Bonchev–Trinajstić information content (AvgIpc) is 2.66. The molecule has 0 aliphatic rings. The predicted molar refractivity (Wildman–Crippen MR) is 68.4 cm³/mol. The maximum Gasteiger partial charge on any atom is 0.0694 e. The standard InChI is InChI=1S/C13H22N4/c1-5-12(6-7-14)15-8-11-9-17(4)16-13(11)10(2)3/h9-10,12,15H,5-6,8H2,1-4H3. The molecule has 0 amide bonds. The summed E-state index contributed by atoms with van der Waals surface area (Å²) in [5.74, 6) is 0.434. The van der Waals surface area contributed by atoms with Gasteiger partial charge in [-0.05, 0) is 12.3 Å². The fourth-order valence-electron chi connectivity index (χ4n) is 1.90. The Balaban J connectivity index is 2.65. The largest absolute Gasteiger partial charge is 0.309 e. The van der Waals surface area contributed by atoms with Crippen molar-refractivity contribution in [3.05, 3.63) is 17.5 Å². The predicted octanol–water partition coefficient (Wildman–Crippen LogP) is 2.33. The molecule has 0 spiro atoms. The third kappa shape index (κ3) is 3.86. The summed E-state index contributed by atoms with van der Waals surface area (Å²) in [6.07, 6.45) is 3.60. The van der Waals surface area contributed by atoms with Crippen molar-refractivity contribution in [2.45, 2.75) is 52.1 Å². The number of rotatable bonds is 6. The van der Waals surface area contributed by atoms with Gasteiger partial charge in [-0.2, -0.15) is 10.4 Å². The van der Waals surface area contributed by atoms with Gasteiger partial charge in [0.15, 0.2) is 0 Å². The second-order valence-corrected chi connectivity index (χ2v) is 4.72. The van der Waals surface area contributed by atoms with Gasteiger partial charge in [-0.3, -0.25) is 4.68 Å². The highest BCUT2D eigenvalue weighted by Crippen LogP contribution is 2.17. The minimum atomic E-state index is 0.278. The average molecular weight is 234 g/mol. The van der Waals surface area contributed by atoms with Crippen molar-refractivity contribution >= 4 is 0 Å². The molecule has 0 aliphatic carbocycles. The van der Waals surface area contributed by atoms with Gasteiger partial charge in [0.05, 0.1) is 18.2 Å². The van der Waals surface area contributed by atoms with Crippen molar-refractivity contribution in [3.63, 3.8) is 0 Å². The molecule has 1 unspecified atom stereocenters. The van der Waals surface area contributed by atoms with Crippen LogP contribution in [0.3, 0.4) is 0 Å². The first-order chi connectivity index (χ1) is 8.08. The molecule has 0 aromatic carbocycles. The maximum absolute atomic E-state index is 8.71. The fourth-order valence-corrected chi connectivity index (χ4v) is 1.90. The summed E-state index contributed by atoms with van der Waals surface area (Å²) in [5.41, 5.74) is 2.38. The number of hydrogen-bond acceptors (Lipinski definition) is 3. The molecule has 1 aromatic rings. The van der Waals surface area contributed by atoms with Crippen LogP contribution in [0.1, 0.15) is 50.8 Å². The van der Waals surface area contributed by atoms with Crippen LogP contribution in [0.15, 0.2) is 6.20 Å². The van der Waals surface area contributed by atoms with Crippen LogP contribution in [0, 0.1) is 11.3 Å². The molecule has 4 nitrogen and oxygen atoms in total. The molecule has 94 valence electrons. The van der Waals surface area contributed by atoms with E-state index in [9.17, 15) is 0 Å². The van der Waals surface area contributed by atoms with E-state index < -0.39 is 0 Å². The normalized spacial score (nSPS) is 12.7. The summed E-state index contributed by atoms with van der Waals surface area (Å²) in [6, 6.07) is 2.49. The van der Waals surface area contributed by atoms with Crippen molar-refractivity contribution in [2.24, 2.45) is 7.05 Å². The summed E-state index contributed by atoms with van der Waals surface area (Å²) in [6.45, 7) is 7.19. The van der Waals surface area contributed by atoms with Crippen molar-refractivity contribution in [2.75, 3.05) is 0 Å². The Morgan fingerprint density at radius 3 is 2.76 bits per heavy atom. The summed E-state index contributed by atoms with van der Waals surface area (Å²) in [7, 11) is 1.95. The van der Waals surface area contributed by atoms with Crippen molar-refractivity contribution in [3.8, 4) is 6.07 Å². The lowest BCUT2D eigenvalue weighted by atomic mass is 10.1. The van der Waals surface area contributed by atoms with Crippen LogP contribution >= 0.6 is 0 Å². The van der Waals surface area contributed by atoms with Crippen LogP contribution < -0.4 is 5.32 Å². The monoisotopic (exact) mass is 234 g/mol. The van der Waals surface area contributed by atoms with Gasteiger partial charge in [0.2, 0.25) is 0 Å². The molecule has 1 N–H and O–H groups in total. The third-order valence-electron chi connectivity index (χ3n) is 2.90. The molecule has 1 aromatic heterocycles. The number of aryl methyl sites for hydroxylation is 1. The highest BCUT2D eigenvalue weighted by atomic mass is 15.3. The van der Waals surface area contributed by atoms with Crippen LogP contribution in [0.4, 0.5) is 0 Å². The van der Waals surface area contributed by atoms with Crippen LogP contribution in [-0.4, -0.2) is 15.8 Å². The van der Waals surface area contributed by atoms with E-state index in [0.29, 0.717) is 12.3 Å². The first-order valence-corrected chi connectivity index (χ1v) is 6.21. The van der Waals surface area contributed by atoms with Crippen LogP contribution in [0.5, 0.6) is 0 Å². The van der Waals surface area contributed by atoms with Gasteiger partial charge < -0.3 is 5.32 Å². The smallest absolute Gasteiger partial charge is 0.0694 e. The zero-order chi connectivity index (χ0) is 12.8. The van der Waals surface area contributed by atoms with Gasteiger partial charge in [0, 0.05) is 31.4 Å². The van der Waals surface area contributed by atoms with E-state index in [1.54, 1.807) is 0 Å². The number of nitrogens with zero attached hydrogens (tertiary/aromatic N) is 3. The quantitative estimate of drug-likeness (QED) is 0.822. The highest BCUT2D eigenvalue weighted by Gasteiger charge is 2.12. The zero-order valence-corrected chi connectivity index (χ0v) is 11.2. The molecule has 0 bridgehead atoms.